The van der Waals surface area contributed by atoms with Crippen LogP contribution in [0, 0.1) is 5.92 Å². The lowest BCUT2D eigenvalue weighted by molar-refractivity contribution is -0.145. The summed E-state index contributed by atoms with van der Waals surface area (Å²) >= 11 is 0. The van der Waals surface area contributed by atoms with Crippen molar-refractivity contribution < 1.29 is 32.2 Å². The van der Waals surface area contributed by atoms with Crippen molar-refractivity contribution in [1.29, 1.82) is 0 Å². The second-order valence-corrected chi connectivity index (χ2v) is 7.14. The molecule has 0 amide bonds. The Morgan fingerprint density at radius 2 is 1.41 bits per heavy atom. The highest BCUT2D eigenvalue weighted by molar-refractivity contribution is 5.69. The third-order valence-electron chi connectivity index (χ3n) is 3.91. The van der Waals surface area contributed by atoms with E-state index in [2.05, 4.69) is 0 Å². The molecule has 2 rings (SSSR count). The zero-order valence-electron chi connectivity index (χ0n) is 16.7. The molecule has 0 heterocycles. The minimum atomic E-state index is -4.38. The van der Waals surface area contributed by atoms with Gasteiger partial charge in [0.2, 0.25) is 0 Å². The predicted molar refractivity (Wildman–Crippen MR) is 103 cm³/mol. The van der Waals surface area contributed by atoms with Gasteiger partial charge in [-0.2, -0.15) is 13.2 Å². The van der Waals surface area contributed by atoms with Gasteiger partial charge in [0.05, 0.1) is 18.3 Å². The number of hydrogen-bond donors (Lipinski definition) is 0. The Morgan fingerprint density at radius 3 is 1.93 bits per heavy atom. The molecule has 0 aliphatic rings. The van der Waals surface area contributed by atoms with Gasteiger partial charge in [-0.1, -0.05) is 13.8 Å². The van der Waals surface area contributed by atoms with Crippen LogP contribution in [0.2, 0.25) is 0 Å². The molecule has 1 atom stereocenters. The molecule has 0 spiro atoms. The first kappa shape index (κ1) is 22.6. The highest BCUT2D eigenvalue weighted by Crippen LogP contribution is 2.31. The summed E-state index contributed by atoms with van der Waals surface area (Å²) < 4.78 is 54.2. The van der Waals surface area contributed by atoms with Gasteiger partial charge in [-0.05, 0) is 67.8 Å². The third kappa shape index (κ3) is 8.05. The van der Waals surface area contributed by atoms with Crippen LogP contribution in [-0.4, -0.2) is 18.7 Å². The van der Waals surface area contributed by atoms with Crippen LogP contribution in [0.5, 0.6) is 17.2 Å². The molecule has 4 nitrogen and oxygen atoms in total. The average Bonchev–Trinajstić information content (AvgIpc) is 2.66. The summed E-state index contributed by atoms with van der Waals surface area (Å²) in [5.74, 6) is 1.44. The first-order valence-corrected chi connectivity index (χ1v) is 9.41. The number of ether oxygens (including phenoxy) is 3. The van der Waals surface area contributed by atoms with Crippen molar-refractivity contribution in [1.82, 2.24) is 0 Å². The van der Waals surface area contributed by atoms with E-state index in [9.17, 15) is 18.0 Å². The number of esters is 1. The summed E-state index contributed by atoms with van der Waals surface area (Å²) in [7, 11) is 0. The van der Waals surface area contributed by atoms with Crippen molar-refractivity contribution >= 4 is 5.97 Å². The molecular weight excluding hydrogens is 385 g/mol. The predicted octanol–water partition coefficient (Wildman–Crippen LogP) is 6.24. The van der Waals surface area contributed by atoms with Crippen LogP contribution in [-0.2, 0) is 15.7 Å². The van der Waals surface area contributed by atoms with Crippen LogP contribution in [0.1, 0.15) is 39.2 Å². The molecule has 0 aromatic heterocycles. The zero-order chi connectivity index (χ0) is 21.4. The monoisotopic (exact) mass is 410 g/mol. The van der Waals surface area contributed by atoms with Gasteiger partial charge in [-0.15, -0.1) is 0 Å². The van der Waals surface area contributed by atoms with E-state index < -0.39 is 11.7 Å². The molecule has 0 saturated heterocycles. The summed E-state index contributed by atoms with van der Waals surface area (Å²) in [5, 5.41) is 0. The van der Waals surface area contributed by atoms with Gasteiger partial charge >= 0.3 is 12.1 Å². The van der Waals surface area contributed by atoms with Gasteiger partial charge < -0.3 is 14.2 Å². The van der Waals surface area contributed by atoms with Crippen molar-refractivity contribution in [3.05, 3.63) is 54.1 Å². The van der Waals surface area contributed by atoms with Gasteiger partial charge in [0.25, 0.3) is 0 Å². The number of carbonyl (C=O) groups excluding carboxylic acids is 1. The Labute approximate surface area is 168 Å². The second kappa shape index (κ2) is 10.2. The van der Waals surface area contributed by atoms with E-state index in [1.807, 2.05) is 20.8 Å². The molecular formula is C22H25F3O4. The molecule has 2 aromatic rings. The van der Waals surface area contributed by atoms with E-state index in [1.165, 1.54) is 12.1 Å². The van der Waals surface area contributed by atoms with Gasteiger partial charge in [-0.3, -0.25) is 4.79 Å². The smallest absolute Gasteiger partial charge is 0.416 e. The van der Waals surface area contributed by atoms with Crippen molar-refractivity contribution in [3.8, 4) is 17.2 Å². The largest absolute Gasteiger partial charge is 0.491 e. The average molecular weight is 410 g/mol. The molecule has 0 aliphatic heterocycles. The Balaban J connectivity index is 1.81. The molecule has 2 aromatic carbocycles. The Hall–Kier alpha value is -2.70. The van der Waals surface area contributed by atoms with Crippen molar-refractivity contribution in [3.63, 3.8) is 0 Å². The van der Waals surface area contributed by atoms with Gasteiger partial charge in [0.1, 0.15) is 17.2 Å². The summed E-state index contributed by atoms with van der Waals surface area (Å²) in [6.07, 6.45) is -3.74. The summed E-state index contributed by atoms with van der Waals surface area (Å²) in [6, 6.07) is 11.2. The van der Waals surface area contributed by atoms with Gasteiger partial charge in [-0.25, -0.2) is 0 Å². The Morgan fingerprint density at radius 1 is 0.897 bits per heavy atom. The summed E-state index contributed by atoms with van der Waals surface area (Å²) in [5.41, 5.74) is -0.726. The van der Waals surface area contributed by atoms with Crippen LogP contribution in [0.15, 0.2) is 48.5 Å². The molecule has 0 saturated carbocycles. The van der Waals surface area contributed by atoms with Crippen LogP contribution >= 0.6 is 0 Å². The fourth-order valence-electron chi connectivity index (χ4n) is 2.38. The maximum Gasteiger partial charge on any atom is 0.416 e. The first-order valence-electron chi connectivity index (χ1n) is 9.41. The molecule has 0 bridgehead atoms. The topological polar surface area (TPSA) is 44.8 Å². The maximum absolute atomic E-state index is 12.6. The molecule has 29 heavy (non-hydrogen) atoms. The number of halogens is 3. The molecule has 0 N–H and O–H groups in total. The molecule has 0 radical (unpaired) electrons. The van der Waals surface area contributed by atoms with Gasteiger partial charge in [0.15, 0.2) is 0 Å². The highest BCUT2D eigenvalue weighted by Gasteiger charge is 2.30. The molecule has 7 heteroatoms. The van der Waals surface area contributed by atoms with Crippen LogP contribution < -0.4 is 9.47 Å². The number of carbonyl (C=O) groups is 1. The number of benzene rings is 2. The van der Waals surface area contributed by atoms with E-state index in [4.69, 9.17) is 14.2 Å². The molecule has 0 fully saturated rings. The van der Waals surface area contributed by atoms with Crippen LogP contribution in [0.3, 0.4) is 0 Å². The summed E-state index contributed by atoms with van der Waals surface area (Å²) in [6.45, 7) is 6.23. The quantitative estimate of drug-likeness (QED) is 0.459. The lowest BCUT2D eigenvalue weighted by Crippen LogP contribution is -2.16. The first-order chi connectivity index (χ1) is 13.6. The van der Waals surface area contributed by atoms with Crippen LogP contribution in [0.25, 0.3) is 0 Å². The third-order valence-corrected chi connectivity index (χ3v) is 3.91. The highest BCUT2D eigenvalue weighted by atomic mass is 19.4. The normalized spacial score (nSPS) is 12.5. The zero-order valence-corrected chi connectivity index (χ0v) is 16.7. The Kier molecular flexibility index (Phi) is 7.93. The standard InChI is InChI=1S/C22H25F3O4/c1-15(2)14-27-21(26)13-4-16(3)28-18-9-11-20(12-10-18)29-19-7-5-17(6-8-19)22(23,24)25/h5-12,15-16H,4,13-14H2,1-3H3. The van der Waals surface area contributed by atoms with E-state index in [1.54, 1.807) is 24.3 Å². The molecule has 0 aliphatic carbocycles. The number of alkyl halides is 3. The Bertz CT molecular complexity index is 768. The van der Waals surface area contributed by atoms with E-state index >= 15 is 0 Å². The SMILES string of the molecule is CC(C)COC(=O)CCC(C)Oc1ccc(Oc2ccc(C(F)(F)F)cc2)cc1. The summed E-state index contributed by atoms with van der Waals surface area (Å²) in [4.78, 5) is 11.6. The minimum Gasteiger partial charge on any atom is -0.491 e. The van der Waals surface area contributed by atoms with Crippen molar-refractivity contribution in [2.75, 3.05) is 6.61 Å². The second-order valence-electron chi connectivity index (χ2n) is 7.14. The van der Waals surface area contributed by atoms with E-state index in [-0.39, 0.29) is 18.5 Å². The van der Waals surface area contributed by atoms with E-state index in [0.29, 0.717) is 36.2 Å². The number of hydrogen-bond acceptors (Lipinski definition) is 4. The number of rotatable bonds is 9. The fourth-order valence-corrected chi connectivity index (χ4v) is 2.38. The van der Waals surface area contributed by atoms with Crippen molar-refractivity contribution in [2.24, 2.45) is 5.92 Å². The van der Waals surface area contributed by atoms with E-state index in [0.717, 1.165) is 12.1 Å². The minimum absolute atomic E-state index is 0.178. The lowest BCUT2D eigenvalue weighted by atomic mass is 10.2. The van der Waals surface area contributed by atoms with Crippen molar-refractivity contribution in [2.45, 2.75) is 45.9 Å². The maximum atomic E-state index is 12.6. The molecule has 158 valence electrons. The van der Waals surface area contributed by atoms with Crippen LogP contribution in [0.4, 0.5) is 13.2 Å². The fraction of sp³-hybridized carbons (Fsp3) is 0.409. The van der Waals surface area contributed by atoms with Gasteiger partial charge in [0, 0.05) is 6.42 Å². The lowest BCUT2D eigenvalue weighted by Gasteiger charge is -2.15. The molecule has 1 unspecified atom stereocenters.